The Kier molecular flexibility index (Phi) is 9.19. The van der Waals surface area contributed by atoms with Crippen molar-refractivity contribution in [3.8, 4) is 0 Å². The van der Waals surface area contributed by atoms with Crippen molar-refractivity contribution >= 4 is 16.8 Å². The lowest BCUT2D eigenvalue weighted by atomic mass is 10.0. The van der Waals surface area contributed by atoms with Gasteiger partial charge in [0.15, 0.2) is 0 Å². The minimum atomic E-state index is -0.357. The normalized spacial score (nSPS) is 12.1. The number of benzene rings is 2. The standard InChI is InChI=1S/C27H36N4O2/c1-3-4-11-21-14-16-22(17-15-21)27(33)31(19-10-6-5-9-18-28)20(2)25-29-24-13-8-7-12-23(24)26(32)30-25/h7-8,12-17,20H,3-6,9-11,18-19,28H2,1-2H3,(H,29,30,32). The molecular formula is C27H36N4O2. The summed E-state index contributed by atoms with van der Waals surface area (Å²) in [5.74, 6) is 0.466. The minimum absolute atomic E-state index is 0.0424. The van der Waals surface area contributed by atoms with Crippen molar-refractivity contribution in [2.75, 3.05) is 13.1 Å². The van der Waals surface area contributed by atoms with Crippen molar-refractivity contribution in [3.05, 3.63) is 75.8 Å². The molecule has 0 aliphatic carbocycles. The highest BCUT2D eigenvalue weighted by atomic mass is 16.2. The Balaban J connectivity index is 1.85. The Morgan fingerprint density at radius 3 is 2.48 bits per heavy atom. The van der Waals surface area contributed by atoms with E-state index in [2.05, 4.69) is 16.9 Å². The Bertz CT molecular complexity index is 1090. The van der Waals surface area contributed by atoms with Crippen LogP contribution in [-0.2, 0) is 6.42 Å². The third-order valence-electron chi connectivity index (χ3n) is 6.13. The number of fused-ring (bicyclic) bond motifs is 1. The highest BCUT2D eigenvalue weighted by Crippen LogP contribution is 2.22. The fraction of sp³-hybridized carbons (Fsp3) is 0.444. The van der Waals surface area contributed by atoms with Crippen LogP contribution in [0.1, 0.15) is 80.2 Å². The molecule has 3 N–H and O–H groups in total. The number of rotatable bonds is 12. The summed E-state index contributed by atoms with van der Waals surface area (Å²) in [5, 5.41) is 0.552. The summed E-state index contributed by atoms with van der Waals surface area (Å²) in [7, 11) is 0. The number of nitrogens with one attached hydrogen (secondary N) is 1. The maximum absolute atomic E-state index is 13.5. The molecule has 0 spiro atoms. The zero-order valence-electron chi connectivity index (χ0n) is 19.8. The molecule has 0 saturated carbocycles. The maximum atomic E-state index is 13.5. The Morgan fingerprint density at radius 2 is 1.76 bits per heavy atom. The molecule has 0 saturated heterocycles. The first-order chi connectivity index (χ1) is 16.0. The first kappa shape index (κ1) is 24.6. The van der Waals surface area contributed by atoms with Crippen molar-refractivity contribution in [2.24, 2.45) is 5.73 Å². The fourth-order valence-corrected chi connectivity index (χ4v) is 4.06. The van der Waals surface area contributed by atoms with Gasteiger partial charge in [-0.2, -0.15) is 0 Å². The molecule has 0 radical (unpaired) electrons. The summed E-state index contributed by atoms with van der Waals surface area (Å²) in [5.41, 5.74) is 7.98. The number of nitrogens with two attached hydrogens (primary N) is 1. The molecule has 1 heterocycles. The summed E-state index contributed by atoms with van der Waals surface area (Å²) in [4.78, 5) is 35.6. The van der Waals surface area contributed by atoms with Crippen LogP contribution < -0.4 is 11.3 Å². The first-order valence-corrected chi connectivity index (χ1v) is 12.1. The molecule has 6 heteroatoms. The minimum Gasteiger partial charge on any atom is -0.330 e. The van der Waals surface area contributed by atoms with Gasteiger partial charge in [0.05, 0.1) is 16.9 Å². The number of nitrogens with zero attached hydrogens (tertiary/aromatic N) is 2. The molecule has 0 bridgehead atoms. The molecular weight excluding hydrogens is 412 g/mol. The number of hydrogen-bond acceptors (Lipinski definition) is 4. The van der Waals surface area contributed by atoms with Gasteiger partial charge < -0.3 is 15.6 Å². The van der Waals surface area contributed by atoms with Gasteiger partial charge in [0, 0.05) is 12.1 Å². The van der Waals surface area contributed by atoms with E-state index in [-0.39, 0.29) is 17.5 Å². The van der Waals surface area contributed by atoms with Crippen LogP contribution in [0.25, 0.3) is 10.9 Å². The van der Waals surface area contributed by atoms with Gasteiger partial charge in [0.1, 0.15) is 5.82 Å². The molecule has 0 fully saturated rings. The number of unbranched alkanes of at least 4 members (excludes halogenated alkanes) is 4. The largest absolute Gasteiger partial charge is 0.330 e. The van der Waals surface area contributed by atoms with Crippen LogP contribution in [0.4, 0.5) is 0 Å². The van der Waals surface area contributed by atoms with E-state index in [1.54, 1.807) is 6.07 Å². The third kappa shape index (κ3) is 6.51. The predicted molar refractivity (Wildman–Crippen MR) is 134 cm³/mol. The number of aryl methyl sites for hydroxylation is 1. The Morgan fingerprint density at radius 1 is 1.03 bits per heavy atom. The number of H-pyrrole nitrogens is 1. The number of hydrogen-bond donors (Lipinski definition) is 2. The van der Waals surface area contributed by atoms with Crippen molar-refractivity contribution in [3.63, 3.8) is 0 Å². The van der Waals surface area contributed by atoms with Crippen LogP contribution in [0, 0.1) is 0 Å². The molecule has 33 heavy (non-hydrogen) atoms. The van der Waals surface area contributed by atoms with E-state index in [1.807, 2.05) is 54.3 Å². The van der Waals surface area contributed by atoms with Crippen molar-refractivity contribution in [1.29, 1.82) is 0 Å². The van der Waals surface area contributed by atoms with Gasteiger partial charge in [-0.3, -0.25) is 9.59 Å². The highest BCUT2D eigenvalue weighted by Gasteiger charge is 2.24. The molecule has 0 aliphatic rings. The van der Waals surface area contributed by atoms with Crippen LogP contribution in [0.15, 0.2) is 53.3 Å². The topological polar surface area (TPSA) is 92.1 Å². The maximum Gasteiger partial charge on any atom is 0.258 e. The molecule has 2 aromatic carbocycles. The molecule has 3 rings (SSSR count). The van der Waals surface area contributed by atoms with Crippen LogP contribution >= 0.6 is 0 Å². The summed E-state index contributed by atoms with van der Waals surface area (Å²) in [6.07, 6.45) is 7.22. The molecule has 6 nitrogen and oxygen atoms in total. The van der Waals surface area contributed by atoms with Crippen molar-refractivity contribution in [2.45, 2.75) is 64.8 Å². The van der Waals surface area contributed by atoms with E-state index in [4.69, 9.17) is 5.73 Å². The van der Waals surface area contributed by atoms with Crippen LogP contribution in [-0.4, -0.2) is 33.9 Å². The number of carbonyl (C=O) groups excluding carboxylic acids is 1. The number of carbonyl (C=O) groups is 1. The van der Waals surface area contributed by atoms with Crippen LogP contribution in [0.3, 0.4) is 0 Å². The van der Waals surface area contributed by atoms with Crippen LogP contribution in [0.5, 0.6) is 0 Å². The average molecular weight is 449 g/mol. The third-order valence-corrected chi connectivity index (χ3v) is 6.13. The zero-order chi connectivity index (χ0) is 23.6. The first-order valence-electron chi connectivity index (χ1n) is 12.1. The summed E-state index contributed by atoms with van der Waals surface area (Å²) in [6.45, 7) is 5.39. The lowest BCUT2D eigenvalue weighted by Gasteiger charge is -2.29. The monoisotopic (exact) mass is 448 g/mol. The SMILES string of the molecule is CCCCc1ccc(C(=O)N(CCCCCCN)C(C)c2nc3ccccc3c(=O)[nH]2)cc1. The molecule has 176 valence electrons. The highest BCUT2D eigenvalue weighted by molar-refractivity contribution is 5.94. The van der Waals surface area contributed by atoms with E-state index in [9.17, 15) is 9.59 Å². The Hall–Kier alpha value is -2.99. The molecule has 1 atom stereocenters. The second-order valence-corrected chi connectivity index (χ2v) is 8.65. The summed E-state index contributed by atoms with van der Waals surface area (Å²) < 4.78 is 0. The fourth-order valence-electron chi connectivity index (χ4n) is 4.06. The van der Waals surface area contributed by atoms with Gasteiger partial charge in [0.2, 0.25) is 0 Å². The van der Waals surface area contributed by atoms with E-state index in [0.29, 0.717) is 35.4 Å². The van der Waals surface area contributed by atoms with E-state index in [1.165, 1.54) is 5.56 Å². The smallest absolute Gasteiger partial charge is 0.258 e. The van der Waals surface area contributed by atoms with E-state index in [0.717, 1.165) is 44.9 Å². The number of para-hydroxylation sites is 1. The lowest BCUT2D eigenvalue weighted by molar-refractivity contribution is 0.0679. The predicted octanol–water partition coefficient (Wildman–Crippen LogP) is 4.99. The van der Waals surface area contributed by atoms with Gasteiger partial charge in [-0.15, -0.1) is 0 Å². The average Bonchev–Trinajstić information content (AvgIpc) is 2.84. The van der Waals surface area contributed by atoms with E-state index < -0.39 is 0 Å². The lowest BCUT2D eigenvalue weighted by Crippen LogP contribution is -2.36. The molecule has 3 aromatic rings. The number of amides is 1. The zero-order valence-corrected chi connectivity index (χ0v) is 19.8. The van der Waals surface area contributed by atoms with Gasteiger partial charge >= 0.3 is 0 Å². The van der Waals surface area contributed by atoms with Gasteiger partial charge in [-0.25, -0.2) is 4.98 Å². The second kappa shape index (κ2) is 12.3. The molecule has 0 aliphatic heterocycles. The van der Waals surface area contributed by atoms with Crippen molar-refractivity contribution in [1.82, 2.24) is 14.9 Å². The summed E-state index contributed by atoms with van der Waals surface area (Å²) >= 11 is 0. The molecule has 1 amide bonds. The van der Waals surface area contributed by atoms with Gasteiger partial charge in [-0.05, 0) is 69.0 Å². The van der Waals surface area contributed by atoms with Gasteiger partial charge in [0.25, 0.3) is 11.5 Å². The Labute approximate surface area is 196 Å². The molecule has 1 aromatic heterocycles. The van der Waals surface area contributed by atoms with Crippen molar-refractivity contribution < 1.29 is 4.79 Å². The summed E-state index contributed by atoms with van der Waals surface area (Å²) in [6, 6.07) is 14.8. The quantitative estimate of drug-likeness (QED) is 0.382. The molecule has 1 unspecified atom stereocenters. The van der Waals surface area contributed by atoms with Crippen LogP contribution in [0.2, 0.25) is 0 Å². The number of aromatic nitrogens is 2. The van der Waals surface area contributed by atoms with Gasteiger partial charge in [-0.1, -0.05) is 50.5 Å². The van der Waals surface area contributed by atoms with E-state index >= 15 is 0 Å². The number of aromatic amines is 1. The second-order valence-electron chi connectivity index (χ2n) is 8.65.